The number of nitrogens with one attached hydrogen (secondary N) is 2. The minimum Gasteiger partial charge on any atom is -0.408 e. The van der Waals surface area contributed by atoms with Gasteiger partial charge in [-0.05, 0) is 42.5 Å². The lowest BCUT2D eigenvalue weighted by Crippen LogP contribution is -2.52. The van der Waals surface area contributed by atoms with Crippen LogP contribution in [-0.4, -0.2) is 38.9 Å². The Hall–Kier alpha value is -3.37. The zero-order valence-corrected chi connectivity index (χ0v) is 18.5. The van der Waals surface area contributed by atoms with Gasteiger partial charge in [-0.3, -0.25) is 19.7 Å². The number of piperidine rings is 1. The highest BCUT2D eigenvalue weighted by molar-refractivity contribution is 6.05. The molecule has 1 saturated carbocycles. The fourth-order valence-corrected chi connectivity index (χ4v) is 5.05. The number of hydrogen-bond donors (Lipinski definition) is 2. The van der Waals surface area contributed by atoms with Gasteiger partial charge in [0.1, 0.15) is 6.04 Å². The number of anilines is 1. The van der Waals surface area contributed by atoms with E-state index in [4.69, 9.17) is 4.42 Å². The van der Waals surface area contributed by atoms with Gasteiger partial charge in [-0.2, -0.15) is 0 Å². The van der Waals surface area contributed by atoms with Crippen LogP contribution in [-0.2, 0) is 22.7 Å². The first kappa shape index (κ1) is 22.4. The first-order chi connectivity index (χ1) is 16.4. The number of hydrogen-bond acceptors (Lipinski definition) is 7. The standard InChI is InChI=1S/C23H25F2N5O4/c24-19(25)14-8-12(10-26-23-29-28-21(34-23)13-4-2-1-3-5-13)9-15-16(14)11-30(22(15)33)17-6-7-18(31)27-20(17)32/h8-9,13,17,19H,1-7,10-11H2,(H,26,29)(H,27,31,32). The highest BCUT2D eigenvalue weighted by Gasteiger charge is 2.40. The van der Waals surface area contributed by atoms with Crippen LogP contribution in [0.3, 0.4) is 0 Å². The van der Waals surface area contributed by atoms with E-state index in [0.29, 0.717) is 11.5 Å². The molecule has 3 amide bonds. The van der Waals surface area contributed by atoms with E-state index in [2.05, 4.69) is 20.8 Å². The second-order valence-electron chi connectivity index (χ2n) is 9.05. The number of rotatable bonds is 6. The van der Waals surface area contributed by atoms with Crippen molar-refractivity contribution < 1.29 is 27.6 Å². The lowest BCUT2D eigenvalue weighted by atomic mass is 9.89. The maximum Gasteiger partial charge on any atom is 0.315 e. The van der Waals surface area contributed by atoms with Crippen molar-refractivity contribution in [3.63, 3.8) is 0 Å². The first-order valence-corrected chi connectivity index (χ1v) is 11.6. The van der Waals surface area contributed by atoms with Crippen LogP contribution in [0.5, 0.6) is 0 Å². The van der Waals surface area contributed by atoms with Gasteiger partial charge in [0.05, 0.1) is 0 Å². The molecule has 34 heavy (non-hydrogen) atoms. The molecular formula is C23H25F2N5O4. The van der Waals surface area contributed by atoms with Gasteiger partial charge in [-0.15, -0.1) is 5.10 Å². The van der Waals surface area contributed by atoms with Gasteiger partial charge in [0.25, 0.3) is 12.3 Å². The summed E-state index contributed by atoms with van der Waals surface area (Å²) in [6.07, 6.45) is 2.97. The molecule has 3 heterocycles. The fraction of sp³-hybridized carbons (Fsp3) is 0.522. The average molecular weight is 473 g/mol. The molecule has 0 bridgehead atoms. The molecule has 1 aromatic heterocycles. The number of carbonyl (C=O) groups excluding carboxylic acids is 3. The van der Waals surface area contributed by atoms with Crippen LogP contribution >= 0.6 is 0 Å². The van der Waals surface area contributed by atoms with E-state index in [1.807, 2.05) is 0 Å². The molecule has 180 valence electrons. The second kappa shape index (κ2) is 9.11. The molecule has 2 aromatic rings. The minimum atomic E-state index is -2.79. The highest BCUT2D eigenvalue weighted by atomic mass is 19.3. The molecule has 1 atom stereocenters. The van der Waals surface area contributed by atoms with Crippen LogP contribution in [0.2, 0.25) is 0 Å². The maximum absolute atomic E-state index is 13.9. The summed E-state index contributed by atoms with van der Waals surface area (Å²) < 4.78 is 33.5. The SMILES string of the molecule is O=C1CCC(N2Cc3c(cc(CNc4nnc(C5CCCCC5)o4)cc3C(F)F)C2=O)C(=O)N1. The van der Waals surface area contributed by atoms with Crippen molar-refractivity contribution in [2.45, 2.75) is 76.4 Å². The predicted molar refractivity (Wildman–Crippen MR) is 115 cm³/mol. The third-order valence-corrected chi connectivity index (χ3v) is 6.82. The van der Waals surface area contributed by atoms with Gasteiger partial charge in [0.2, 0.25) is 17.7 Å². The summed E-state index contributed by atoms with van der Waals surface area (Å²) in [6, 6.07) is 2.26. The van der Waals surface area contributed by atoms with Crippen molar-refractivity contribution >= 4 is 23.7 Å². The van der Waals surface area contributed by atoms with Crippen LogP contribution in [0.4, 0.5) is 14.8 Å². The molecule has 3 aliphatic rings. The van der Waals surface area contributed by atoms with E-state index >= 15 is 0 Å². The van der Waals surface area contributed by atoms with Crippen LogP contribution < -0.4 is 10.6 Å². The van der Waals surface area contributed by atoms with Crippen molar-refractivity contribution in [2.24, 2.45) is 0 Å². The molecule has 11 heteroatoms. The molecule has 5 rings (SSSR count). The fourth-order valence-electron chi connectivity index (χ4n) is 5.05. The zero-order valence-electron chi connectivity index (χ0n) is 18.5. The van der Waals surface area contributed by atoms with E-state index < -0.39 is 30.2 Å². The molecule has 1 unspecified atom stereocenters. The Bertz CT molecular complexity index is 1130. The molecular weight excluding hydrogens is 448 g/mol. The Kier molecular flexibility index (Phi) is 6.01. The first-order valence-electron chi connectivity index (χ1n) is 11.6. The molecule has 0 radical (unpaired) electrons. The maximum atomic E-state index is 13.9. The number of carbonyl (C=O) groups is 3. The third kappa shape index (κ3) is 4.26. The Balaban J connectivity index is 1.33. The molecule has 2 N–H and O–H groups in total. The van der Waals surface area contributed by atoms with Crippen molar-refractivity contribution in [3.05, 3.63) is 40.3 Å². The number of nitrogens with zero attached hydrogens (tertiary/aromatic N) is 3. The summed E-state index contributed by atoms with van der Waals surface area (Å²) in [5.41, 5.74) is 0.578. The summed E-state index contributed by atoms with van der Waals surface area (Å²) >= 11 is 0. The number of fused-ring (bicyclic) bond motifs is 1. The highest BCUT2D eigenvalue weighted by Crippen LogP contribution is 2.36. The zero-order chi connectivity index (χ0) is 23.8. The molecule has 9 nitrogen and oxygen atoms in total. The lowest BCUT2D eigenvalue weighted by Gasteiger charge is -2.29. The minimum absolute atomic E-state index is 0.0950. The van der Waals surface area contributed by atoms with Gasteiger partial charge in [-0.1, -0.05) is 24.4 Å². The number of alkyl halides is 2. The summed E-state index contributed by atoms with van der Waals surface area (Å²) in [5.74, 6) is -0.647. The summed E-state index contributed by atoms with van der Waals surface area (Å²) in [5, 5.41) is 13.3. The van der Waals surface area contributed by atoms with E-state index in [9.17, 15) is 23.2 Å². The Morgan fingerprint density at radius 3 is 2.65 bits per heavy atom. The van der Waals surface area contributed by atoms with Gasteiger partial charge in [0, 0.05) is 36.6 Å². The Labute approximate surface area is 194 Å². The smallest absolute Gasteiger partial charge is 0.315 e. The van der Waals surface area contributed by atoms with Crippen LogP contribution in [0.25, 0.3) is 0 Å². The van der Waals surface area contributed by atoms with Crippen molar-refractivity contribution in [1.29, 1.82) is 0 Å². The third-order valence-electron chi connectivity index (χ3n) is 6.82. The topological polar surface area (TPSA) is 117 Å². The molecule has 2 aliphatic heterocycles. The molecule has 1 aromatic carbocycles. The second-order valence-corrected chi connectivity index (χ2v) is 9.05. The molecule has 2 fully saturated rings. The van der Waals surface area contributed by atoms with Crippen LogP contribution in [0.15, 0.2) is 16.5 Å². The van der Waals surface area contributed by atoms with Crippen molar-refractivity contribution in [3.8, 4) is 0 Å². The van der Waals surface area contributed by atoms with Crippen LogP contribution in [0.1, 0.15) is 90.2 Å². The Morgan fingerprint density at radius 1 is 1.12 bits per heavy atom. The molecule has 1 saturated heterocycles. The number of aromatic nitrogens is 2. The van der Waals surface area contributed by atoms with Gasteiger partial charge in [0.15, 0.2) is 0 Å². The van der Waals surface area contributed by atoms with E-state index in [-0.39, 0.29) is 54.6 Å². The summed E-state index contributed by atoms with van der Waals surface area (Å²) in [6.45, 7) is 0.0211. The van der Waals surface area contributed by atoms with Gasteiger partial charge < -0.3 is 14.6 Å². The Morgan fingerprint density at radius 2 is 1.91 bits per heavy atom. The van der Waals surface area contributed by atoms with Gasteiger partial charge in [-0.25, -0.2) is 8.78 Å². The van der Waals surface area contributed by atoms with E-state index in [0.717, 1.165) is 25.7 Å². The largest absolute Gasteiger partial charge is 0.408 e. The lowest BCUT2D eigenvalue weighted by molar-refractivity contribution is -0.136. The van der Waals surface area contributed by atoms with E-state index in [1.54, 1.807) is 6.07 Å². The molecule has 0 spiro atoms. The predicted octanol–water partition coefficient (Wildman–Crippen LogP) is 3.43. The quantitative estimate of drug-likeness (QED) is 0.617. The van der Waals surface area contributed by atoms with Gasteiger partial charge >= 0.3 is 6.01 Å². The van der Waals surface area contributed by atoms with Crippen LogP contribution in [0, 0.1) is 0 Å². The average Bonchev–Trinajstić information content (AvgIpc) is 3.43. The number of imide groups is 1. The monoisotopic (exact) mass is 473 g/mol. The van der Waals surface area contributed by atoms with Crippen molar-refractivity contribution in [1.82, 2.24) is 20.4 Å². The molecule has 1 aliphatic carbocycles. The van der Waals surface area contributed by atoms with E-state index in [1.165, 1.54) is 17.4 Å². The number of halogens is 2. The summed E-state index contributed by atoms with van der Waals surface area (Å²) in [4.78, 5) is 38.0. The van der Waals surface area contributed by atoms with Crippen molar-refractivity contribution in [2.75, 3.05) is 5.32 Å². The number of amides is 3. The summed E-state index contributed by atoms with van der Waals surface area (Å²) in [7, 11) is 0. The normalized spacial score (nSPS) is 21.2. The number of benzene rings is 1.